The van der Waals surface area contributed by atoms with E-state index in [1.807, 2.05) is 0 Å². The normalized spacial score (nSPS) is 9.81. The van der Waals surface area contributed by atoms with Crippen LogP contribution < -0.4 is 5.63 Å². The maximum Gasteiger partial charge on any atom is 0.335 e. The van der Waals surface area contributed by atoms with E-state index in [1.165, 1.54) is 13.0 Å². The molecule has 0 N–H and O–H groups in total. The highest BCUT2D eigenvalue weighted by Crippen LogP contribution is 2.08. The molecule has 0 saturated carbocycles. The lowest BCUT2D eigenvalue weighted by Gasteiger charge is -2.05. The van der Waals surface area contributed by atoms with Gasteiger partial charge in [0.25, 0.3) is 0 Å². The van der Waals surface area contributed by atoms with Crippen molar-refractivity contribution in [2.45, 2.75) is 19.8 Å². The molecule has 0 aliphatic rings. The molecule has 16 heavy (non-hydrogen) atoms. The highest BCUT2D eigenvalue weighted by atomic mass is 16.5. The minimum absolute atomic E-state index is 0.215. The largest absolute Gasteiger partial charge is 0.465 e. The number of carbonyl (C=O) groups is 1. The molecule has 0 saturated heterocycles. The molecule has 0 unspecified atom stereocenters. The van der Waals surface area contributed by atoms with E-state index >= 15 is 0 Å². The van der Waals surface area contributed by atoms with Crippen LogP contribution in [0.5, 0.6) is 0 Å². The minimum atomic E-state index is -0.398. The topological polar surface area (TPSA) is 56.5 Å². The van der Waals surface area contributed by atoms with Gasteiger partial charge in [0.15, 0.2) is 0 Å². The molecular weight excluding hydrogens is 208 g/mol. The van der Waals surface area contributed by atoms with Crippen LogP contribution >= 0.6 is 0 Å². The van der Waals surface area contributed by atoms with Crippen LogP contribution in [0.1, 0.15) is 18.2 Å². The van der Waals surface area contributed by atoms with Crippen LogP contribution in [0, 0.1) is 0 Å². The second-order valence-electron chi connectivity index (χ2n) is 3.29. The quantitative estimate of drug-likeness (QED) is 0.559. The molecular formula is C12H14O4. The van der Waals surface area contributed by atoms with E-state index in [2.05, 4.69) is 6.58 Å². The van der Waals surface area contributed by atoms with Gasteiger partial charge in [-0.3, -0.25) is 4.79 Å². The molecule has 4 nitrogen and oxygen atoms in total. The minimum Gasteiger partial charge on any atom is -0.465 e. The Morgan fingerprint density at radius 2 is 2.31 bits per heavy atom. The lowest BCUT2D eigenvalue weighted by molar-refractivity contribution is -0.140. The molecule has 0 aromatic carbocycles. The Bertz CT molecular complexity index is 431. The Morgan fingerprint density at radius 1 is 1.56 bits per heavy atom. The predicted molar refractivity (Wildman–Crippen MR) is 59.2 cm³/mol. The number of esters is 1. The molecule has 0 atom stereocenters. The Balaban J connectivity index is 2.75. The highest BCUT2D eigenvalue weighted by molar-refractivity contribution is 5.65. The van der Waals surface area contributed by atoms with E-state index in [0.717, 1.165) is 5.56 Å². The second-order valence-corrected chi connectivity index (χ2v) is 3.29. The van der Waals surface area contributed by atoms with Gasteiger partial charge in [-0.2, -0.15) is 0 Å². The number of rotatable bonds is 5. The van der Waals surface area contributed by atoms with Gasteiger partial charge in [-0.25, -0.2) is 4.79 Å². The third-order valence-electron chi connectivity index (χ3n) is 2.00. The van der Waals surface area contributed by atoms with E-state index in [0.29, 0.717) is 18.6 Å². The average molecular weight is 222 g/mol. The molecule has 1 heterocycles. The van der Waals surface area contributed by atoms with E-state index in [1.54, 1.807) is 12.1 Å². The Hall–Kier alpha value is -1.84. The third kappa shape index (κ3) is 3.73. The predicted octanol–water partition coefficient (Wildman–Crippen LogP) is 1.47. The lowest BCUT2D eigenvalue weighted by atomic mass is 10.1. The average Bonchev–Trinajstić information content (AvgIpc) is 2.21. The van der Waals surface area contributed by atoms with Crippen LogP contribution in [0.4, 0.5) is 0 Å². The molecule has 0 spiro atoms. The summed E-state index contributed by atoms with van der Waals surface area (Å²) in [4.78, 5) is 21.6. The standard InChI is InChI=1S/C12H14O4/c1-3-4-10-5-6-12(14)16-11(10)7-8-15-9(2)13/h3,5-6H,1,4,7-8H2,2H3. The highest BCUT2D eigenvalue weighted by Gasteiger charge is 2.05. The van der Waals surface area contributed by atoms with Gasteiger partial charge in [0.05, 0.1) is 6.61 Å². The zero-order chi connectivity index (χ0) is 12.0. The fraction of sp³-hybridized carbons (Fsp3) is 0.333. The molecule has 0 radical (unpaired) electrons. The van der Waals surface area contributed by atoms with Crippen molar-refractivity contribution in [3.63, 3.8) is 0 Å². The Kier molecular flexibility index (Phi) is 4.51. The van der Waals surface area contributed by atoms with Gasteiger partial charge in [-0.05, 0) is 18.1 Å². The Labute approximate surface area is 93.5 Å². The van der Waals surface area contributed by atoms with E-state index in [-0.39, 0.29) is 12.6 Å². The summed E-state index contributed by atoms with van der Waals surface area (Å²) in [7, 11) is 0. The summed E-state index contributed by atoms with van der Waals surface area (Å²) in [5.41, 5.74) is 0.493. The van der Waals surface area contributed by atoms with Crippen LogP contribution in [-0.2, 0) is 22.4 Å². The number of allylic oxidation sites excluding steroid dienone is 1. The van der Waals surface area contributed by atoms with Gasteiger partial charge in [-0.15, -0.1) is 6.58 Å². The summed E-state index contributed by atoms with van der Waals surface area (Å²) in [5.74, 6) is 0.206. The summed E-state index contributed by atoms with van der Waals surface area (Å²) in [6.07, 6.45) is 2.75. The van der Waals surface area contributed by atoms with Gasteiger partial charge in [0, 0.05) is 19.4 Å². The van der Waals surface area contributed by atoms with Crippen molar-refractivity contribution in [3.05, 3.63) is 46.5 Å². The van der Waals surface area contributed by atoms with Crippen LogP contribution in [0.2, 0.25) is 0 Å². The van der Waals surface area contributed by atoms with Crippen molar-refractivity contribution in [1.82, 2.24) is 0 Å². The first-order chi connectivity index (χ1) is 7.63. The second kappa shape index (κ2) is 5.90. The summed E-state index contributed by atoms with van der Waals surface area (Å²) < 4.78 is 9.84. The molecule has 0 aliphatic heterocycles. The van der Waals surface area contributed by atoms with Crippen molar-refractivity contribution in [3.8, 4) is 0 Å². The lowest BCUT2D eigenvalue weighted by Crippen LogP contribution is -2.08. The zero-order valence-corrected chi connectivity index (χ0v) is 9.19. The van der Waals surface area contributed by atoms with E-state index < -0.39 is 5.63 Å². The van der Waals surface area contributed by atoms with Gasteiger partial charge in [0.2, 0.25) is 0 Å². The molecule has 0 aliphatic carbocycles. The Morgan fingerprint density at radius 3 is 2.94 bits per heavy atom. The molecule has 1 aromatic heterocycles. The first-order valence-corrected chi connectivity index (χ1v) is 4.99. The summed E-state index contributed by atoms with van der Waals surface area (Å²) in [6, 6.07) is 3.07. The molecule has 86 valence electrons. The van der Waals surface area contributed by atoms with E-state index in [4.69, 9.17) is 9.15 Å². The first kappa shape index (κ1) is 12.2. The fourth-order valence-corrected chi connectivity index (χ4v) is 1.32. The van der Waals surface area contributed by atoms with Gasteiger partial charge in [-0.1, -0.05) is 6.08 Å². The van der Waals surface area contributed by atoms with Crippen LogP contribution in [0.15, 0.2) is 34.0 Å². The van der Waals surface area contributed by atoms with Crippen LogP contribution in [-0.4, -0.2) is 12.6 Å². The van der Waals surface area contributed by atoms with Crippen molar-refractivity contribution in [2.75, 3.05) is 6.61 Å². The monoisotopic (exact) mass is 222 g/mol. The number of ether oxygens (including phenoxy) is 1. The summed E-state index contributed by atoms with van der Waals surface area (Å²) in [5, 5.41) is 0. The van der Waals surface area contributed by atoms with Crippen LogP contribution in [0.3, 0.4) is 0 Å². The third-order valence-corrected chi connectivity index (χ3v) is 2.00. The fourth-order valence-electron chi connectivity index (χ4n) is 1.32. The molecule has 1 aromatic rings. The first-order valence-electron chi connectivity index (χ1n) is 4.99. The number of hydrogen-bond acceptors (Lipinski definition) is 4. The van der Waals surface area contributed by atoms with Crippen LogP contribution in [0.25, 0.3) is 0 Å². The van der Waals surface area contributed by atoms with Crippen molar-refractivity contribution in [1.29, 1.82) is 0 Å². The summed E-state index contributed by atoms with van der Waals surface area (Å²) >= 11 is 0. The molecule has 0 fully saturated rings. The SMILES string of the molecule is C=CCc1ccc(=O)oc1CCOC(C)=O. The summed E-state index contributed by atoms with van der Waals surface area (Å²) in [6.45, 7) is 5.18. The molecule has 0 amide bonds. The van der Waals surface area contributed by atoms with Gasteiger partial charge in [0.1, 0.15) is 5.76 Å². The van der Waals surface area contributed by atoms with Gasteiger partial charge >= 0.3 is 11.6 Å². The maximum atomic E-state index is 11.0. The van der Waals surface area contributed by atoms with Crippen molar-refractivity contribution >= 4 is 5.97 Å². The zero-order valence-electron chi connectivity index (χ0n) is 9.19. The van der Waals surface area contributed by atoms with Crippen molar-refractivity contribution < 1.29 is 13.9 Å². The molecule has 1 rings (SSSR count). The smallest absolute Gasteiger partial charge is 0.335 e. The molecule has 0 bridgehead atoms. The number of carbonyl (C=O) groups excluding carboxylic acids is 1. The van der Waals surface area contributed by atoms with Gasteiger partial charge < -0.3 is 9.15 Å². The van der Waals surface area contributed by atoms with Crippen molar-refractivity contribution in [2.24, 2.45) is 0 Å². The van der Waals surface area contributed by atoms with E-state index in [9.17, 15) is 9.59 Å². The maximum absolute atomic E-state index is 11.0. The molecule has 4 heteroatoms. The number of hydrogen-bond donors (Lipinski definition) is 0.